The van der Waals surface area contributed by atoms with Gasteiger partial charge in [-0.3, -0.25) is 0 Å². The number of aromatic nitrogens is 2. The predicted octanol–water partition coefficient (Wildman–Crippen LogP) is 6.12. The Balaban J connectivity index is 1.61. The van der Waals surface area contributed by atoms with E-state index in [0.717, 1.165) is 23.4 Å². The minimum absolute atomic E-state index is 0.332. The normalized spacial score (nSPS) is 11.3. The predicted molar refractivity (Wildman–Crippen MR) is 102 cm³/mol. The quantitative estimate of drug-likeness (QED) is 0.535. The number of anilines is 1. The highest BCUT2D eigenvalue weighted by Crippen LogP contribution is 2.31. The number of hydrogen-bond acceptors (Lipinski definition) is 4. The molecule has 4 nitrogen and oxygen atoms in total. The number of nitrogens with one attached hydrogen (secondary N) is 1. The largest absolute Gasteiger partial charge is 0.457 e. The molecule has 0 amide bonds. The van der Waals surface area contributed by atoms with Crippen LogP contribution in [0, 0.1) is 0 Å². The SMILES string of the molecule is CCc1ncnc(NCc2ccc(Oc3ccc(C(F)(F)F)cc3)cc2)c1Cl. The fourth-order valence-corrected chi connectivity index (χ4v) is 2.78. The molecule has 0 bridgehead atoms. The van der Waals surface area contributed by atoms with Crippen molar-refractivity contribution in [3.05, 3.63) is 76.7 Å². The molecule has 0 saturated carbocycles. The van der Waals surface area contributed by atoms with Gasteiger partial charge >= 0.3 is 6.18 Å². The van der Waals surface area contributed by atoms with Crippen molar-refractivity contribution in [1.29, 1.82) is 0 Å². The second-order valence-electron chi connectivity index (χ2n) is 5.96. The molecule has 1 N–H and O–H groups in total. The molecule has 0 atom stereocenters. The molecule has 0 fully saturated rings. The Labute approximate surface area is 165 Å². The average Bonchev–Trinajstić information content (AvgIpc) is 2.68. The summed E-state index contributed by atoms with van der Waals surface area (Å²) in [7, 11) is 0. The van der Waals surface area contributed by atoms with Crippen LogP contribution in [0.25, 0.3) is 0 Å². The Morgan fingerprint density at radius 2 is 1.57 bits per heavy atom. The lowest BCUT2D eigenvalue weighted by Gasteiger charge is -2.11. The van der Waals surface area contributed by atoms with Crippen molar-refractivity contribution in [2.45, 2.75) is 26.1 Å². The van der Waals surface area contributed by atoms with Gasteiger partial charge < -0.3 is 10.1 Å². The lowest BCUT2D eigenvalue weighted by Crippen LogP contribution is -2.04. The van der Waals surface area contributed by atoms with Crippen LogP contribution in [-0.2, 0) is 19.1 Å². The fraction of sp³-hybridized carbons (Fsp3) is 0.200. The maximum atomic E-state index is 12.6. The van der Waals surface area contributed by atoms with Gasteiger partial charge in [0.2, 0.25) is 0 Å². The van der Waals surface area contributed by atoms with Gasteiger partial charge in [-0.05, 0) is 48.4 Å². The monoisotopic (exact) mass is 407 g/mol. The van der Waals surface area contributed by atoms with Crippen LogP contribution in [-0.4, -0.2) is 9.97 Å². The first-order chi connectivity index (χ1) is 13.4. The van der Waals surface area contributed by atoms with Crippen molar-refractivity contribution in [2.75, 3.05) is 5.32 Å². The number of nitrogens with zero attached hydrogens (tertiary/aromatic N) is 2. The molecule has 0 saturated heterocycles. The van der Waals surface area contributed by atoms with Crippen LogP contribution >= 0.6 is 11.6 Å². The molecule has 3 rings (SSSR count). The molecule has 28 heavy (non-hydrogen) atoms. The molecule has 146 valence electrons. The Bertz CT molecular complexity index is 929. The third-order valence-corrected chi connectivity index (χ3v) is 4.39. The second kappa shape index (κ2) is 8.48. The number of hydrogen-bond donors (Lipinski definition) is 1. The third-order valence-electron chi connectivity index (χ3n) is 4.00. The summed E-state index contributed by atoms with van der Waals surface area (Å²) >= 11 is 6.25. The lowest BCUT2D eigenvalue weighted by atomic mass is 10.2. The molecule has 0 unspecified atom stereocenters. The summed E-state index contributed by atoms with van der Waals surface area (Å²) in [6.07, 6.45) is -2.18. The first-order valence-electron chi connectivity index (χ1n) is 8.54. The van der Waals surface area contributed by atoms with Gasteiger partial charge in [-0.2, -0.15) is 13.2 Å². The molecule has 0 aliphatic rings. The van der Waals surface area contributed by atoms with Crippen molar-refractivity contribution in [1.82, 2.24) is 9.97 Å². The standard InChI is InChI=1S/C20H17ClF3N3O/c1-2-17-18(21)19(27-12-26-17)25-11-13-3-7-15(8-4-13)28-16-9-5-14(6-10-16)20(22,23)24/h3-10,12H,2,11H2,1H3,(H,25,26,27). The molecule has 0 spiro atoms. The van der Waals surface area contributed by atoms with Gasteiger partial charge in [0.1, 0.15) is 28.7 Å². The van der Waals surface area contributed by atoms with Crippen LogP contribution in [0.5, 0.6) is 11.5 Å². The molecule has 1 heterocycles. The van der Waals surface area contributed by atoms with E-state index in [1.54, 1.807) is 12.1 Å². The zero-order valence-corrected chi connectivity index (χ0v) is 15.7. The van der Waals surface area contributed by atoms with Gasteiger partial charge in [-0.1, -0.05) is 30.7 Å². The summed E-state index contributed by atoms with van der Waals surface area (Å²) in [4.78, 5) is 8.26. The first kappa shape index (κ1) is 19.9. The summed E-state index contributed by atoms with van der Waals surface area (Å²) in [6.45, 7) is 2.47. The molecular formula is C20H17ClF3N3O. The maximum absolute atomic E-state index is 12.6. The van der Waals surface area contributed by atoms with Gasteiger partial charge in [0.05, 0.1) is 11.3 Å². The summed E-state index contributed by atoms with van der Waals surface area (Å²) in [5, 5.41) is 3.67. The molecule has 2 aromatic carbocycles. The van der Waals surface area contributed by atoms with Crippen molar-refractivity contribution in [3.63, 3.8) is 0 Å². The van der Waals surface area contributed by atoms with Crippen molar-refractivity contribution in [3.8, 4) is 11.5 Å². The van der Waals surface area contributed by atoms with Crippen molar-refractivity contribution < 1.29 is 17.9 Å². The minimum Gasteiger partial charge on any atom is -0.457 e. The van der Waals surface area contributed by atoms with Crippen LogP contribution in [0.1, 0.15) is 23.7 Å². The van der Waals surface area contributed by atoms with E-state index in [-0.39, 0.29) is 0 Å². The van der Waals surface area contributed by atoms with E-state index in [0.29, 0.717) is 35.3 Å². The van der Waals surface area contributed by atoms with E-state index >= 15 is 0 Å². The number of halogens is 4. The number of rotatable bonds is 6. The zero-order valence-electron chi connectivity index (χ0n) is 14.9. The number of ether oxygens (including phenoxy) is 1. The lowest BCUT2D eigenvalue weighted by molar-refractivity contribution is -0.137. The van der Waals surface area contributed by atoms with Gasteiger partial charge in [0.25, 0.3) is 0 Å². The number of aryl methyl sites for hydroxylation is 1. The highest BCUT2D eigenvalue weighted by Gasteiger charge is 2.30. The van der Waals surface area contributed by atoms with Gasteiger partial charge in [-0.25, -0.2) is 9.97 Å². The van der Waals surface area contributed by atoms with Gasteiger partial charge in [0, 0.05) is 6.54 Å². The van der Waals surface area contributed by atoms with E-state index in [2.05, 4.69) is 15.3 Å². The smallest absolute Gasteiger partial charge is 0.416 e. The highest BCUT2D eigenvalue weighted by atomic mass is 35.5. The molecule has 8 heteroatoms. The molecule has 1 aromatic heterocycles. The van der Waals surface area contributed by atoms with E-state index in [1.165, 1.54) is 18.5 Å². The van der Waals surface area contributed by atoms with Crippen LogP contribution in [0.3, 0.4) is 0 Å². The topological polar surface area (TPSA) is 47.0 Å². The highest BCUT2D eigenvalue weighted by molar-refractivity contribution is 6.33. The molecule has 0 aliphatic heterocycles. The zero-order chi connectivity index (χ0) is 20.1. The molecular weight excluding hydrogens is 391 g/mol. The maximum Gasteiger partial charge on any atom is 0.416 e. The van der Waals surface area contributed by atoms with E-state index in [4.69, 9.17) is 16.3 Å². The Morgan fingerprint density at radius 1 is 0.964 bits per heavy atom. The van der Waals surface area contributed by atoms with E-state index in [9.17, 15) is 13.2 Å². The number of benzene rings is 2. The van der Waals surface area contributed by atoms with Crippen LogP contribution in [0.4, 0.5) is 19.0 Å². The van der Waals surface area contributed by atoms with Crippen molar-refractivity contribution in [2.24, 2.45) is 0 Å². The Kier molecular flexibility index (Phi) is 6.04. The summed E-state index contributed by atoms with van der Waals surface area (Å²) in [5.41, 5.74) is 1.03. The third kappa shape index (κ3) is 4.92. The number of alkyl halides is 3. The van der Waals surface area contributed by atoms with Gasteiger partial charge in [-0.15, -0.1) is 0 Å². The second-order valence-corrected chi connectivity index (χ2v) is 6.34. The Morgan fingerprint density at radius 3 is 2.14 bits per heavy atom. The molecule has 3 aromatic rings. The molecule has 0 radical (unpaired) electrons. The summed E-state index contributed by atoms with van der Waals surface area (Å²) in [5.74, 6) is 1.43. The first-order valence-corrected chi connectivity index (χ1v) is 8.92. The summed E-state index contributed by atoms with van der Waals surface area (Å²) in [6, 6.07) is 11.8. The average molecular weight is 408 g/mol. The van der Waals surface area contributed by atoms with Crippen LogP contribution in [0.15, 0.2) is 54.9 Å². The van der Waals surface area contributed by atoms with Crippen LogP contribution < -0.4 is 10.1 Å². The van der Waals surface area contributed by atoms with E-state index in [1.807, 2.05) is 19.1 Å². The van der Waals surface area contributed by atoms with E-state index < -0.39 is 11.7 Å². The van der Waals surface area contributed by atoms with Crippen molar-refractivity contribution >= 4 is 17.4 Å². The van der Waals surface area contributed by atoms with Gasteiger partial charge in [0.15, 0.2) is 0 Å². The summed E-state index contributed by atoms with van der Waals surface area (Å²) < 4.78 is 43.4. The minimum atomic E-state index is -4.36. The van der Waals surface area contributed by atoms with Crippen LogP contribution in [0.2, 0.25) is 5.02 Å². The fourth-order valence-electron chi connectivity index (χ4n) is 2.49. The molecule has 0 aliphatic carbocycles. The Hall–Kier alpha value is -2.80.